The molecule has 0 aliphatic heterocycles. The van der Waals surface area contributed by atoms with Crippen LogP contribution in [0, 0.1) is 6.92 Å². The number of nitrogens with two attached hydrogens (primary N) is 1. The maximum absolute atomic E-state index is 5.79. The predicted octanol–water partition coefficient (Wildman–Crippen LogP) is 2.81. The number of hydrogen-bond donors (Lipinski definition) is 1. The molecule has 3 rings (SSSR count). The Hall–Kier alpha value is -1.55. The minimum Gasteiger partial charge on any atom is -0.496 e. The first-order valence-electron chi connectivity index (χ1n) is 5.62. The molecule has 0 saturated heterocycles. The fourth-order valence-corrected chi connectivity index (χ4v) is 3.22. The highest BCUT2D eigenvalue weighted by Gasteiger charge is 2.21. The molecule has 0 unspecified atom stereocenters. The van der Waals surface area contributed by atoms with Crippen LogP contribution in [0.1, 0.15) is 16.0 Å². The van der Waals surface area contributed by atoms with Crippen molar-refractivity contribution >= 4 is 16.5 Å². The van der Waals surface area contributed by atoms with E-state index in [1.807, 2.05) is 0 Å². The normalized spacial score (nSPS) is 13.1. The van der Waals surface area contributed by atoms with Crippen LogP contribution in [0.5, 0.6) is 5.75 Å². The SMILES string of the molecule is COc1cc2c(cc1C)-c1nc(N)sc1CC2. The van der Waals surface area contributed by atoms with Crippen LogP contribution in [0.25, 0.3) is 11.3 Å². The number of thiazole rings is 1. The molecule has 0 atom stereocenters. The van der Waals surface area contributed by atoms with E-state index in [2.05, 4.69) is 24.0 Å². The quantitative estimate of drug-likeness (QED) is 0.841. The van der Waals surface area contributed by atoms with Crippen LogP contribution in [0.4, 0.5) is 5.13 Å². The van der Waals surface area contributed by atoms with Gasteiger partial charge in [-0.3, -0.25) is 0 Å². The van der Waals surface area contributed by atoms with E-state index < -0.39 is 0 Å². The standard InChI is InChI=1S/C13H14N2OS/c1-7-5-9-8(6-10(7)16-2)3-4-11-12(9)15-13(14)17-11/h5-6H,3-4H2,1-2H3,(H2,14,15). The third-order valence-corrected chi connectivity index (χ3v) is 4.16. The summed E-state index contributed by atoms with van der Waals surface area (Å²) >= 11 is 1.61. The largest absolute Gasteiger partial charge is 0.496 e. The maximum Gasteiger partial charge on any atom is 0.180 e. The van der Waals surface area contributed by atoms with Crippen molar-refractivity contribution in [2.45, 2.75) is 19.8 Å². The first-order valence-corrected chi connectivity index (χ1v) is 6.43. The first kappa shape index (κ1) is 10.6. The zero-order valence-corrected chi connectivity index (χ0v) is 10.7. The second-order valence-electron chi connectivity index (χ2n) is 4.30. The van der Waals surface area contributed by atoms with Crippen LogP contribution in [0.3, 0.4) is 0 Å². The number of anilines is 1. The molecular weight excluding hydrogens is 232 g/mol. The van der Waals surface area contributed by atoms with Crippen molar-refractivity contribution in [1.29, 1.82) is 0 Å². The number of nitrogen functional groups attached to an aromatic ring is 1. The fourth-order valence-electron chi connectivity index (χ4n) is 2.38. The lowest BCUT2D eigenvalue weighted by Crippen LogP contribution is -2.03. The van der Waals surface area contributed by atoms with E-state index in [4.69, 9.17) is 10.5 Å². The van der Waals surface area contributed by atoms with Crippen LogP contribution in [-0.4, -0.2) is 12.1 Å². The van der Waals surface area contributed by atoms with E-state index in [1.165, 1.54) is 16.0 Å². The molecule has 1 aliphatic rings. The van der Waals surface area contributed by atoms with Gasteiger partial charge in [0.1, 0.15) is 5.75 Å². The van der Waals surface area contributed by atoms with Crippen molar-refractivity contribution in [2.24, 2.45) is 0 Å². The van der Waals surface area contributed by atoms with Crippen molar-refractivity contribution in [1.82, 2.24) is 4.98 Å². The average molecular weight is 246 g/mol. The number of fused-ring (bicyclic) bond motifs is 3. The summed E-state index contributed by atoms with van der Waals surface area (Å²) in [5.74, 6) is 0.954. The number of ether oxygens (including phenoxy) is 1. The Kier molecular flexibility index (Phi) is 2.33. The second-order valence-corrected chi connectivity index (χ2v) is 5.42. The summed E-state index contributed by atoms with van der Waals surface area (Å²) in [4.78, 5) is 5.75. The predicted molar refractivity (Wildman–Crippen MR) is 70.7 cm³/mol. The Morgan fingerprint density at radius 2 is 2.18 bits per heavy atom. The van der Waals surface area contributed by atoms with Crippen molar-refractivity contribution < 1.29 is 4.74 Å². The number of methoxy groups -OCH3 is 1. The smallest absolute Gasteiger partial charge is 0.180 e. The summed E-state index contributed by atoms with van der Waals surface area (Å²) in [5, 5.41) is 0.663. The van der Waals surface area contributed by atoms with E-state index >= 15 is 0 Å². The van der Waals surface area contributed by atoms with Crippen LogP contribution < -0.4 is 10.5 Å². The van der Waals surface area contributed by atoms with Gasteiger partial charge in [-0.25, -0.2) is 4.98 Å². The molecule has 0 bridgehead atoms. The molecule has 0 spiro atoms. The van der Waals surface area contributed by atoms with Crippen LogP contribution in [0.15, 0.2) is 12.1 Å². The molecule has 3 nitrogen and oxygen atoms in total. The molecule has 17 heavy (non-hydrogen) atoms. The van der Waals surface area contributed by atoms with Gasteiger partial charge >= 0.3 is 0 Å². The van der Waals surface area contributed by atoms with E-state index in [-0.39, 0.29) is 0 Å². The maximum atomic E-state index is 5.79. The highest BCUT2D eigenvalue weighted by atomic mass is 32.1. The lowest BCUT2D eigenvalue weighted by Gasteiger charge is -2.17. The lowest BCUT2D eigenvalue weighted by atomic mass is 9.91. The van der Waals surface area contributed by atoms with Crippen LogP contribution >= 0.6 is 11.3 Å². The zero-order chi connectivity index (χ0) is 12.0. The summed E-state index contributed by atoms with van der Waals surface area (Å²) < 4.78 is 5.36. The van der Waals surface area contributed by atoms with Crippen molar-refractivity contribution in [3.63, 3.8) is 0 Å². The first-order chi connectivity index (χ1) is 8.19. The third kappa shape index (κ3) is 1.60. The van der Waals surface area contributed by atoms with Gasteiger partial charge < -0.3 is 10.5 Å². The molecule has 1 aromatic carbocycles. The van der Waals surface area contributed by atoms with Gasteiger partial charge in [-0.1, -0.05) is 0 Å². The summed E-state index contributed by atoms with van der Waals surface area (Å²) in [6.45, 7) is 2.06. The van der Waals surface area contributed by atoms with Gasteiger partial charge in [0, 0.05) is 10.4 Å². The van der Waals surface area contributed by atoms with Crippen molar-refractivity contribution in [2.75, 3.05) is 12.8 Å². The van der Waals surface area contributed by atoms with Gasteiger partial charge in [0.25, 0.3) is 0 Å². The Bertz CT molecular complexity index is 589. The Labute approximate surface area is 104 Å². The molecule has 2 aromatic rings. The van der Waals surface area contributed by atoms with Crippen molar-refractivity contribution in [3.05, 3.63) is 28.1 Å². The zero-order valence-electron chi connectivity index (χ0n) is 9.91. The summed E-state index contributed by atoms with van der Waals surface area (Å²) in [7, 11) is 1.71. The minimum atomic E-state index is 0.663. The van der Waals surface area contributed by atoms with Gasteiger partial charge in [0.15, 0.2) is 5.13 Å². The molecule has 0 radical (unpaired) electrons. The number of rotatable bonds is 1. The summed E-state index contributed by atoms with van der Waals surface area (Å²) in [6, 6.07) is 4.29. The van der Waals surface area contributed by atoms with E-state index in [9.17, 15) is 0 Å². The fraction of sp³-hybridized carbons (Fsp3) is 0.308. The number of aromatic nitrogens is 1. The molecule has 1 aliphatic carbocycles. The molecule has 88 valence electrons. The van der Waals surface area contributed by atoms with Gasteiger partial charge in [-0.2, -0.15) is 0 Å². The number of nitrogens with zero attached hydrogens (tertiary/aromatic N) is 1. The average Bonchev–Trinajstić information content (AvgIpc) is 2.69. The molecule has 1 aromatic heterocycles. The van der Waals surface area contributed by atoms with Crippen LogP contribution in [0.2, 0.25) is 0 Å². The highest BCUT2D eigenvalue weighted by Crippen LogP contribution is 2.39. The van der Waals surface area contributed by atoms with Gasteiger partial charge in [0.2, 0.25) is 0 Å². The van der Waals surface area contributed by atoms with Crippen LogP contribution in [-0.2, 0) is 12.8 Å². The Morgan fingerprint density at radius 1 is 1.35 bits per heavy atom. The number of benzene rings is 1. The van der Waals surface area contributed by atoms with E-state index in [1.54, 1.807) is 18.4 Å². The topological polar surface area (TPSA) is 48.1 Å². The second kappa shape index (κ2) is 3.74. The van der Waals surface area contributed by atoms with Gasteiger partial charge in [0.05, 0.1) is 12.8 Å². The van der Waals surface area contributed by atoms with E-state index in [0.717, 1.165) is 29.8 Å². The minimum absolute atomic E-state index is 0.663. The van der Waals surface area contributed by atoms with Crippen molar-refractivity contribution in [3.8, 4) is 17.0 Å². The Morgan fingerprint density at radius 3 is 2.94 bits per heavy atom. The molecule has 2 N–H and O–H groups in total. The molecule has 4 heteroatoms. The molecule has 1 heterocycles. The molecule has 0 amide bonds. The molecule has 0 fully saturated rings. The molecular formula is C13H14N2OS. The number of hydrogen-bond acceptors (Lipinski definition) is 4. The van der Waals surface area contributed by atoms with Gasteiger partial charge in [-0.15, -0.1) is 11.3 Å². The Balaban J connectivity index is 2.22. The third-order valence-electron chi connectivity index (χ3n) is 3.21. The van der Waals surface area contributed by atoms with E-state index in [0.29, 0.717) is 5.13 Å². The monoisotopic (exact) mass is 246 g/mol. The lowest BCUT2D eigenvalue weighted by molar-refractivity contribution is 0.411. The highest BCUT2D eigenvalue weighted by molar-refractivity contribution is 7.15. The summed E-state index contributed by atoms with van der Waals surface area (Å²) in [5.41, 5.74) is 10.5. The van der Waals surface area contributed by atoms with Gasteiger partial charge in [-0.05, 0) is 43.0 Å². The number of aryl methyl sites for hydroxylation is 3. The summed E-state index contributed by atoms with van der Waals surface area (Å²) in [6.07, 6.45) is 2.07. The molecule has 0 saturated carbocycles.